The Bertz CT molecular complexity index is 597. The third-order valence-electron chi connectivity index (χ3n) is 3.25. The molecular formula is C14H18ClFN4. The summed E-state index contributed by atoms with van der Waals surface area (Å²) >= 11 is 5.80. The van der Waals surface area contributed by atoms with Gasteiger partial charge in [0.25, 0.3) is 0 Å². The van der Waals surface area contributed by atoms with E-state index in [2.05, 4.69) is 10.5 Å². The molecule has 1 aromatic carbocycles. The number of aryl methyl sites for hydroxylation is 2. The number of nitrogens with two attached hydrogens (primary N) is 1. The highest BCUT2D eigenvalue weighted by molar-refractivity contribution is 6.30. The van der Waals surface area contributed by atoms with Crippen LogP contribution < -0.4 is 11.3 Å². The maximum Gasteiger partial charge on any atom is 0.145 e. The third-order valence-corrected chi connectivity index (χ3v) is 3.54. The fourth-order valence-corrected chi connectivity index (χ4v) is 2.47. The van der Waals surface area contributed by atoms with Gasteiger partial charge in [-0.3, -0.25) is 16.0 Å². The molecule has 1 aromatic heterocycles. The molecular weight excluding hydrogens is 279 g/mol. The van der Waals surface area contributed by atoms with Crippen molar-refractivity contribution in [2.45, 2.75) is 32.9 Å². The molecule has 3 N–H and O–H groups in total. The van der Waals surface area contributed by atoms with Gasteiger partial charge in [0.05, 0.1) is 22.5 Å². The van der Waals surface area contributed by atoms with Crippen molar-refractivity contribution >= 4 is 11.6 Å². The summed E-state index contributed by atoms with van der Waals surface area (Å²) in [5.74, 6) is 5.23. The summed E-state index contributed by atoms with van der Waals surface area (Å²) in [5.41, 5.74) is 5.11. The molecule has 0 radical (unpaired) electrons. The lowest BCUT2D eigenvalue weighted by Gasteiger charge is -2.17. The molecule has 0 amide bonds. The Kier molecular flexibility index (Phi) is 4.75. The zero-order valence-corrected chi connectivity index (χ0v) is 12.3. The van der Waals surface area contributed by atoms with Crippen molar-refractivity contribution in [1.29, 1.82) is 0 Å². The predicted molar refractivity (Wildman–Crippen MR) is 77.8 cm³/mol. The van der Waals surface area contributed by atoms with Gasteiger partial charge in [-0.15, -0.1) is 0 Å². The molecule has 0 aliphatic heterocycles. The number of nitrogens with zero attached hydrogens (tertiary/aromatic N) is 2. The minimum atomic E-state index is -0.395. The van der Waals surface area contributed by atoms with E-state index in [-0.39, 0.29) is 11.1 Å². The first-order valence-electron chi connectivity index (χ1n) is 6.50. The number of rotatable bonds is 5. The van der Waals surface area contributed by atoms with E-state index >= 15 is 0 Å². The van der Waals surface area contributed by atoms with Gasteiger partial charge in [-0.25, -0.2) is 4.39 Å². The maximum absolute atomic E-state index is 14.0. The molecule has 2 rings (SSSR count). The molecule has 108 valence electrons. The standard InChI is InChI=1S/C14H18ClFN4/c1-3-20-13(7-9(2)19-20)12(18-17)8-10-5-4-6-11(15)14(10)16/h4-7,12,18H,3,8,17H2,1-2H3. The minimum absolute atomic E-state index is 0.124. The number of nitrogens with one attached hydrogen (secondary N) is 1. The molecule has 0 saturated carbocycles. The molecule has 0 aliphatic carbocycles. The Morgan fingerprint density at radius 1 is 1.50 bits per heavy atom. The van der Waals surface area contributed by atoms with Crippen molar-refractivity contribution in [2.75, 3.05) is 0 Å². The van der Waals surface area contributed by atoms with Crippen LogP contribution in [0.2, 0.25) is 5.02 Å². The zero-order chi connectivity index (χ0) is 14.7. The van der Waals surface area contributed by atoms with Crippen LogP contribution >= 0.6 is 11.6 Å². The van der Waals surface area contributed by atoms with E-state index in [4.69, 9.17) is 17.4 Å². The number of halogens is 2. The number of aromatic nitrogens is 2. The van der Waals surface area contributed by atoms with E-state index in [0.717, 1.165) is 17.9 Å². The Balaban J connectivity index is 2.31. The quantitative estimate of drug-likeness (QED) is 0.659. The fraction of sp³-hybridized carbons (Fsp3) is 0.357. The van der Waals surface area contributed by atoms with Gasteiger partial charge in [0.15, 0.2) is 0 Å². The van der Waals surface area contributed by atoms with Gasteiger partial charge in [0, 0.05) is 6.54 Å². The van der Waals surface area contributed by atoms with E-state index in [0.29, 0.717) is 12.0 Å². The van der Waals surface area contributed by atoms with Crippen LogP contribution in [0.5, 0.6) is 0 Å². The van der Waals surface area contributed by atoms with E-state index in [9.17, 15) is 4.39 Å². The second-order valence-corrected chi connectivity index (χ2v) is 5.07. The molecule has 20 heavy (non-hydrogen) atoms. The molecule has 1 unspecified atom stereocenters. The van der Waals surface area contributed by atoms with E-state index < -0.39 is 5.82 Å². The molecule has 0 fully saturated rings. The second kappa shape index (κ2) is 6.35. The average molecular weight is 297 g/mol. The van der Waals surface area contributed by atoms with Crippen molar-refractivity contribution in [3.63, 3.8) is 0 Å². The van der Waals surface area contributed by atoms with Crippen molar-refractivity contribution in [2.24, 2.45) is 5.84 Å². The second-order valence-electron chi connectivity index (χ2n) is 4.66. The summed E-state index contributed by atoms with van der Waals surface area (Å²) in [5, 5.41) is 4.50. The van der Waals surface area contributed by atoms with Crippen molar-refractivity contribution in [3.8, 4) is 0 Å². The molecule has 6 heteroatoms. The van der Waals surface area contributed by atoms with Gasteiger partial charge in [-0.1, -0.05) is 23.7 Å². The van der Waals surface area contributed by atoms with Crippen LogP contribution in [0, 0.1) is 12.7 Å². The SMILES string of the molecule is CCn1nc(C)cc1C(Cc1cccc(Cl)c1F)NN. The zero-order valence-electron chi connectivity index (χ0n) is 11.5. The first-order valence-corrected chi connectivity index (χ1v) is 6.88. The molecule has 4 nitrogen and oxygen atoms in total. The first-order chi connectivity index (χ1) is 9.56. The van der Waals surface area contributed by atoms with E-state index in [1.165, 1.54) is 6.07 Å². The molecule has 1 heterocycles. The topological polar surface area (TPSA) is 55.9 Å². The summed E-state index contributed by atoms with van der Waals surface area (Å²) in [4.78, 5) is 0. The Labute approximate surface area is 122 Å². The summed E-state index contributed by atoms with van der Waals surface area (Å²) in [6.45, 7) is 4.66. The average Bonchev–Trinajstić information content (AvgIpc) is 2.81. The lowest BCUT2D eigenvalue weighted by molar-refractivity contribution is 0.480. The smallest absolute Gasteiger partial charge is 0.145 e. The highest BCUT2D eigenvalue weighted by Crippen LogP contribution is 2.24. The lowest BCUT2D eigenvalue weighted by Crippen LogP contribution is -2.31. The largest absolute Gasteiger partial charge is 0.271 e. The highest BCUT2D eigenvalue weighted by atomic mass is 35.5. The van der Waals surface area contributed by atoms with Crippen molar-refractivity contribution in [3.05, 3.63) is 52.1 Å². The van der Waals surface area contributed by atoms with Crippen LogP contribution in [0.1, 0.15) is 29.9 Å². The minimum Gasteiger partial charge on any atom is -0.271 e. The van der Waals surface area contributed by atoms with Crippen LogP contribution in [-0.4, -0.2) is 9.78 Å². The summed E-state index contributed by atoms with van der Waals surface area (Å²) in [6, 6.07) is 6.72. The van der Waals surface area contributed by atoms with Gasteiger partial charge >= 0.3 is 0 Å². The lowest BCUT2D eigenvalue weighted by atomic mass is 10.0. The van der Waals surface area contributed by atoms with Gasteiger partial charge in [0.2, 0.25) is 0 Å². The number of benzene rings is 1. The Hall–Kier alpha value is -1.43. The molecule has 0 aliphatic rings. The number of hydrazine groups is 1. The molecule has 0 bridgehead atoms. The third kappa shape index (κ3) is 3.00. The summed E-state index contributed by atoms with van der Waals surface area (Å²) in [6.07, 6.45) is 0.411. The van der Waals surface area contributed by atoms with Crippen LogP contribution in [0.25, 0.3) is 0 Å². The Morgan fingerprint density at radius 2 is 2.25 bits per heavy atom. The van der Waals surface area contributed by atoms with Crippen LogP contribution in [-0.2, 0) is 13.0 Å². The normalized spacial score (nSPS) is 12.7. The van der Waals surface area contributed by atoms with Crippen molar-refractivity contribution < 1.29 is 4.39 Å². The van der Waals surface area contributed by atoms with Crippen molar-refractivity contribution in [1.82, 2.24) is 15.2 Å². The maximum atomic E-state index is 14.0. The molecule has 2 aromatic rings. The summed E-state index contributed by atoms with van der Waals surface area (Å²) < 4.78 is 15.8. The summed E-state index contributed by atoms with van der Waals surface area (Å²) in [7, 11) is 0. The molecule has 0 spiro atoms. The van der Waals surface area contributed by atoms with Gasteiger partial charge < -0.3 is 0 Å². The molecule has 0 saturated heterocycles. The monoisotopic (exact) mass is 296 g/mol. The predicted octanol–water partition coefficient (Wildman–Crippen LogP) is 2.75. The first kappa shape index (κ1) is 15.0. The number of hydrogen-bond acceptors (Lipinski definition) is 3. The highest BCUT2D eigenvalue weighted by Gasteiger charge is 2.18. The number of hydrogen-bond donors (Lipinski definition) is 2. The van der Waals surface area contributed by atoms with Crippen LogP contribution in [0.3, 0.4) is 0 Å². The van der Waals surface area contributed by atoms with Crippen LogP contribution in [0.15, 0.2) is 24.3 Å². The van der Waals surface area contributed by atoms with Gasteiger partial charge in [-0.05, 0) is 38.0 Å². The van der Waals surface area contributed by atoms with Gasteiger partial charge in [0.1, 0.15) is 5.82 Å². The molecule has 1 atom stereocenters. The Morgan fingerprint density at radius 3 is 2.90 bits per heavy atom. The fourth-order valence-electron chi connectivity index (χ4n) is 2.27. The van der Waals surface area contributed by atoms with Crippen LogP contribution in [0.4, 0.5) is 4.39 Å². The van der Waals surface area contributed by atoms with Gasteiger partial charge in [-0.2, -0.15) is 5.10 Å². The van der Waals surface area contributed by atoms with E-state index in [1.807, 2.05) is 24.6 Å². The van der Waals surface area contributed by atoms with E-state index in [1.54, 1.807) is 12.1 Å².